The van der Waals surface area contributed by atoms with Crippen LogP contribution in [0.5, 0.6) is 0 Å². The van der Waals surface area contributed by atoms with Crippen LogP contribution in [0.15, 0.2) is 6.08 Å². The van der Waals surface area contributed by atoms with Gasteiger partial charge in [-0.05, 0) is 18.8 Å². The van der Waals surface area contributed by atoms with E-state index in [0.29, 0.717) is 19.3 Å². The minimum Gasteiger partial charge on any atom is -0.303 e. The van der Waals surface area contributed by atoms with Gasteiger partial charge in [0, 0.05) is 12.5 Å². The molecule has 0 aromatic rings. The number of thiol groups is 1. The number of carbonyl (C=O) groups excluding carboxylic acids is 2. The third-order valence-electron chi connectivity index (χ3n) is 1.89. The molecule has 2 atom stereocenters. The first kappa shape index (κ1) is 14.0. The molecule has 0 fully saturated rings. The molecule has 0 N–H and O–H groups in total. The SMILES string of the molecule is CC(CCC=O)CC(C=C=O)O[SH](=O)=O. The summed E-state index contributed by atoms with van der Waals surface area (Å²) in [6.45, 7) is 1.86. The maximum absolute atomic E-state index is 10.3. The second-order valence-electron chi connectivity index (χ2n) is 3.24. The number of rotatable bonds is 8. The Hall–Kier alpha value is -0.970. The van der Waals surface area contributed by atoms with Crippen LogP contribution in [0.3, 0.4) is 0 Å². The Labute approximate surface area is 90.3 Å². The van der Waals surface area contributed by atoms with Crippen molar-refractivity contribution in [1.29, 1.82) is 0 Å². The summed E-state index contributed by atoms with van der Waals surface area (Å²) in [7, 11) is -2.97. The molecule has 0 saturated carbocycles. The van der Waals surface area contributed by atoms with Gasteiger partial charge in [-0.2, -0.15) is 0 Å². The van der Waals surface area contributed by atoms with Crippen LogP contribution in [0.4, 0.5) is 0 Å². The maximum atomic E-state index is 10.3. The summed E-state index contributed by atoms with van der Waals surface area (Å²) in [5.41, 5.74) is 0. The van der Waals surface area contributed by atoms with E-state index in [1.165, 1.54) is 5.94 Å². The van der Waals surface area contributed by atoms with Gasteiger partial charge >= 0.3 is 0 Å². The molecule has 0 aliphatic carbocycles. The van der Waals surface area contributed by atoms with Gasteiger partial charge in [-0.3, -0.25) is 4.18 Å². The van der Waals surface area contributed by atoms with Gasteiger partial charge in [0.1, 0.15) is 18.3 Å². The highest BCUT2D eigenvalue weighted by Gasteiger charge is 2.12. The van der Waals surface area contributed by atoms with E-state index in [1.54, 1.807) is 0 Å². The van der Waals surface area contributed by atoms with Crippen molar-refractivity contribution in [2.45, 2.75) is 32.3 Å². The van der Waals surface area contributed by atoms with Crippen LogP contribution >= 0.6 is 0 Å². The summed E-state index contributed by atoms with van der Waals surface area (Å²) < 4.78 is 25.1. The van der Waals surface area contributed by atoms with E-state index in [2.05, 4.69) is 4.18 Å². The Morgan fingerprint density at radius 2 is 2.13 bits per heavy atom. The van der Waals surface area contributed by atoms with Crippen molar-refractivity contribution in [2.24, 2.45) is 5.92 Å². The van der Waals surface area contributed by atoms with Gasteiger partial charge in [-0.15, -0.1) is 0 Å². The highest BCUT2D eigenvalue weighted by Crippen LogP contribution is 2.14. The van der Waals surface area contributed by atoms with Gasteiger partial charge in [0.15, 0.2) is 0 Å². The molecule has 0 aliphatic rings. The number of hydrogen-bond acceptors (Lipinski definition) is 5. The van der Waals surface area contributed by atoms with Gasteiger partial charge in [-0.1, -0.05) is 6.92 Å². The van der Waals surface area contributed by atoms with Crippen molar-refractivity contribution in [2.75, 3.05) is 0 Å². The fourth-order valence-electron chi connectivity index (χ4n) is 1.19. The van der Waals surface area contributed by atoms with Crippen LogP contribution in [0.1, 0.15) is 26.2 Å². The van der Waals surface area contributed by atoms with Crippen LogP contribution in [0, 0.1) is 5.92 Å². The summed E-state index contributed by atoms with van der Waals surface area (Å²) in [4.78, 5) is 20.2. The Morgan fingerprint density at radius 3 is 2.60 bits per heavy atom. The smallest absolute Gasteiger partial charge is 0.257 e. The third-order valence-corrected chi connectivity index (χ3v) is 2.33. The van der Waals surface area contributed by atoms with Crippen molar-refractivity contribution < 1.29 is 22.2 Å². The molecule has 0 bridgehead atoms. The van der Waals surface area contributed by atoms with Gasteiger partial charge < -0.3 is 4.79 Å². The van der Waals surface area contributed by atoms with Gasteiger partial charge in [0.25, 0.3) is 11.0 Å². The summed E-state index contributed by atoms with van der Waals surface area (Å²) in [6, 6.07) is 0. The second kappa shape index (κ2) is 8.35. The second-order valence-corrected chi connectivity index (χ2v) is 3.89. The lowest BCUT2D eigenvalue weighted by Gasteiger charge is -2.13. The Balaban J connectivity index is 4.14. The van der Waals surface area contributed by atoms with E-state index >= 15 is 0 Å². The summed E-state index contributed by atoms with van der Waals surface area (Å²) >= 11 is 0. The molecule has 0 radical (unpaired) electrons. The van der Waals surface area contributed by atoms with E-state index < -0.39 is 17.1 Å². The predicted molar refractivity (Wildman–Crippen MR) is 54.5 cm³/mol. The molecule has 5 nitrogen and oxygen atoms in total. The highest BCUT2D eigenvalue weighted by atomic mass is 32.2. The van der Waals surface area contributed by atoms with E-state index in [-0.39, 0.29) is 5.92 Å². The molecule has 0 heterocycles. The zero-order chi connectivity index (χ0) is 11.7. The fourth-order valence-corrected chi connectivity index (χ4v) is 1.56. The van der Waals surface area contributed by atoms with Crippen LogP contribution in [-0.4, -0.2) is 26.7 Å². The lowest BCUT2D eigenvalue weighted by Crippen LogP contribution is -2.13. The average Bonchev–Trinajstić information content (AvgIpc) is 2.14. The normalized spacial score (nSPS) is 14.3. The highest BCUT2D eigenvalue weighted by molar-refractivity contribution is 7.67. The number of aldehydes is 1. The van der Waals surface area contributed by atoms with Crippen LogP contribution in [0.2, 0.25) is 0 Å². The van der Waals surface area contributed by atoms with Gasteiger partial charge in [-0.25, -0.2) is 13.2 Å². The Morgan fingerprint density at radius 1 is 1.47 bits per heavy atom. The zero-order valence-electron chi connectivity index (χ0n) is 8.42. The van der Waals surface area contributed by atoms with E-state index in [4.69, 9.17) is 0 Å². The predicted octanol–water partition coefficient (Wildman–Crippen LogP) is 0.291. The molecule has 0 aromatic carbocycles. The first-order valence-corrected chi connectivity index (χ1v) is 5.65. The first-order chi connectivity index (χ1) is 7.10. The van der Waals surface area contributed by atoms with Crippen molar-refractivity contribution >= 4 is 23.2 Å². The number of carbonyl (C=O) groups is 1. The van der Waals surface area contributed by atoms with Crippen LogP contribution in [-0.2, 0) is 24.8 Å². The largest absolute Gasteiger partial charge is 0.303 e. The van der Waals surface area contributed by atoms with Crippen molar-refractivity contribution in [3.8, 4) is 0 Å². The molecule has 86 valence electrons. The number of hydrogen-bond donors (Lipinski definition) is 1. The van der Waals surface area contributed by atoms with Crippen molar-refractivity contribution in [3.05, 3.63) is 6.08 Å². The Kier molecular flexibility index (Phi) is 7.81. The van der Waals surface area contributed by atoms with Crippen LogP contribution < -0.4 is 0 Å². The van der Waals surface area contributed by atoms with E-state index in [1.807, 2.05) is 6.92 Å². The lowest BCUT2D eigenvalue weighted by atomic mass is 9.99. The first-order valence-electron chi connectivity index (χ1n) is 4.56. The monoisotopic (exact) mass is 234 g/mol. The minimum atomic E-state index is -2.97. The molecule has 6 heteroatoms. The van der Waals surface area contributed by atoms with E-state index in [9.17, 15) is 18.0 Å². The standard InChI is InChI=1S/C9H14O5S/c1-8(3-2-5-10)7-9(4-6-11)14-15(12)13/h4-5,8-9,15H,2-3,7H2,1H3. The van der Waals surface area contributed by atoms with Crippen LogP contribution in [0.25, 0.3) is 0 Å². The minimum absolute atomic E-state index is 0.111. The fraction of sp³-hybridized carbons (Fsp3) is 0.667. The topological polar surface area (TPSA) is 77.5 Å². The summed E-state index contributed by atoms with van der Waals surface area (Å²) in [5, 5.41) is 0. The molecule has 0 saturated heterocycles. The zero-order valence-corrected chi connectivity index (χ0v) is 9.31. The molecule has 2 unspecified atom stereocenters. The van der Waals surface area contributed by atoms with Crippen molar-refractivity contribution in [1.82, 2.24) is 0 Å². The van der Waals surface area contributed by atoms with Gasteiger partial charge in [0.2, 0.25) is 0 Å². The lowest BCUT2D eigenvalue weighted by molar-refractivity contribution is -0.108. The molecule has 15 heavy (non-hydrogen) atoms. The quantitative estimate of drug-likeness (QED) is 0.371. The molecule has 0 rings (SSSR count). The molecular formula is C9H14O5S. The molecule has 0 aromatic heterocycles. The third kappa shape index (κ3) is 8.05. The van der Waals surface area contributed by atoms with Crippen molar-refractivity contribution in [3.63, 3.8) is 0 Å². The molecule has 0 amide bonds. The molecule has 0 aliphatic heterocycles. The average molecular weight is 234 g/mol. The molecule has 0 spiro atoms. The van der Waals surface area contributed by atoms with E-state index in [0.717, 1.165) is 12.4 Å². The summed E-state index contributed by atoms with van der Waals surface area (Å²) in [6.07, 6.45) is 2.50. The summed E-state index contributed by atoms with van der Waals surface area (Å²) in [5.74, 6) is 1.61. The maximum Gasteiger partial charge on any atom is 0.257 e. The van der Waals surface area contributed by atoms with Gasteiger partial charge in [0.05, 0.1) is 0 Å². The molecular weight excluding hydrogens is 220 g/mol. The Bertz CT molecular complexity index is 296.